The summed E-state index contributed by atoms with van der Waals surface area (Å²) in [5, 5.41) is 6.49. The molecule has 0 atom stereocenters. The van der Waals surface area contributed by atoms with Crippen LogP contribution in [0.5, 0.6) is 5.88 Å². The van der Waals surface area contributed by atoms with Crippen molar-refractivity contribution in [3.05, 3.63) is 23.9 Å². The van der Waals surface area contributed by atoms with E-state index in [0.717, 1.165) is 17.9 Å². The normalized spacial score (nSPS) is 11.5. The van der Waals surface area contributed by atoms with E-state index in [2.05, 4.69) is 41.4 Å². The number of hydrogen-bond acceptors (Lipinski definition) is 3. The molecular formula is C14H24N4O. The van der Waals surface area contributed by atoms with Gasteiger partial charge in [0.25, 0.3) is 0 Å². The summed E-state index contributed by atoms with van der Waals surface area (Å²) in [6.45, 7) is 7.55. The van der Waals surface area contributed by atoms with Gasteiger partial charge in [-0.05, 0) is 26.3 Å². The lowest BCUT2D eigenvalue weighted by molar-refractivity contribution is 0.301. The molecule has 2 N–H and O–H groups in total. The van der Waals surface area contributed by atoms with Crippen LogP contribution < -0.4 is 15.4 Å². The van der Waals surface area contributed by atoms with Crippen LogP contribution in [0.1, 0.15) is 32.8 Å². The summed E-state index contributed by atoms with van der Waals surface area (Å²) in [6, 6.07) is 4.26. The Kier molecular flexibility index (Phi) is 6.71. The number of ether oxygens (including phenoxy) is 1. The monoisotopic (exact) mass is 264 g/mol. The first kappa shape index (κ1) is 15.3. The van der Waals surface area contributed by atoms with Gasteiger partial charge in [0.1, 0.15) is 0 Å². The Bertz CT molecular complexity index is 404. The third-order valence-electron chi connectivity index (χ3n) is 2.39. The Morgan fingerprint density at radius 1 is 1.47 bits per heavy atom. The summed E-state index contributed by atoms with van der Waals surface area (Å²) in [4.78, 5) is 8.43. The molecule has 106 valence electrons. The van der Waals surface area contributed by atoms with Crippen molar-refractivity contribution < 1.29 is 4.74 Å². The van der Waals surface area contributed by atoms with E-state index < -0.39 is 0 Å². The maximum atomic E-state index is 5.62. The molecule has 0 aromatic carbocycles. The topological polar surface area (TPSA) is 58.5 Å². The third-order valence-corrected chi connectivity index (χ3v) is 2.39. The fraction of sp³-hybridized carbons (Fsp3) is 0.571. The lowest BCUT2D eigenvalue weighted by Gasteiger charge is -2.15. The highest BCUT2D eigenvalue weighted by atomic mass is 16.5. The predicted octanol–water partition coefficient (Wildman–Crippen LogP) is 1.94. The summed E-state index contributed by atoms with van der Waals surface area (Å²) < 4.78 is 5.62. The quantitative estimate of drug-likeness (QED) is 0.609. The maximum absolute atomic E-state index is 5.62. The minimum Gasteiger partial charge on any atom is -0.477 e. The summed E-state index contributed by atoms with van der Waals surface area (Å²) in [5.41, 5.74) is 1.03. The van der Waals surface area contributed by atoms with Crippen molar-refractivity contribution in [3.63, 3.8) is 0 Å². The summed E-state index contributed by atoms with van der Waals surface area (Å²) in [7, 11) is 1.76. The second kappa shape index (κ2) is 8.34. The van der Waals surface area contributed by atoms with Crippen molar-refractivity contribution >= 4 is 5.96 Å². The van der Waals surface area contributed by atoms with Gasteiger partial charge >= 0.3 is 0 Å². The SMILES string of the molecule is CCCOc1ncccc1CNC(=NC)NC(C)C. The molecule has 5 heteroatoms. The van der Waals surface area contributed by atoms with Gasteiger partial charge in [-0.3, -0.25) is 4.99 Å². The molecule has 19 heavy (non-hydrogen) atoms. The predicted molar refractivity (Wildman–Crippen MR) is 78.5 cm³/mol. The van der Waals surface area contributed by atoms with Gasteiger partial charge in [-0.15, -0.1) is 0 Å². The molecule has 0 saturated carbocycles. The minimum atomic E-state index is 0.343. The van der Waals surface area contributed by atoms with Gasteiger partial charge in [0.15, 0.2) is 5.96 Å². The zero-order valence-electron chi connectivity index (χ0n) is 12.2. The number of aliphatic imine (C=N–C) groups is 1. The molecule has 0 aliphatic carbocycles. The lowest BCUT2D eigenvalue weighted by Crippen LogP contribution is -2.40. The molecule has 0 fully saturated rings. The molecule has 1 rings (SSSR count). The van der Waals surface area contributed by atoms with Crippen LogP contribution >= 0.6 is 0 Å². The highest BCUT2D eigenvalue weighted by Crippen LogP contribution is 2.14. The van der Waals surface area contributed by atoms with Gasteiger partial charge in [0.05, 0.1) is 6.61 Å². The third kappa shape index (κ3) is 5.59. The van der Waals surface area contributed by atoms with Gasteiger partial charge < -0.3 is 15.4 Å². The molecule has 0 aliphatic heterocycles. The minimum absolute atomic E-state index is 0.343. The molecule has 0 saturated heterocycles. The van der Waals surface area contributed by atoms with Crippen LogP contribution in [0.25, 0.3) is 0 Å². The van der Waals surface area contributed by atoms with Crippen molar-refractivity contribution in [2.75, 3.05) is 13.7 Å². The molecule has 5 nitrogen and oxygen atoms in total. The average Bonchev–Trinajstić information content (AvgIpc) is 2.41. The van der Waals surface area contributed by atoms with Crippen molar-refractivity contribution in [2.45, 2.75) is 39.8 Å². The number of guanidine groups is 1. The van der Waals surface area contributed by atoms with E-state index in [9.17, 15) is 0 Å². The average molecular weight is 264 g/mol. The Balaban J connectivity index is 2.61. The van der Waals surface area contributed by atoms with E-state index >= 15 is 0 Å². The molecule has 0 aliphatic rings. The van der Waals surface area contributed by atoms with Crippen molar-refractivity contribution in [1.82, 2.24) is 15.6 Å². The van der Waals surface area contributed by atoms with Crippen LogP contribution in [-0.2, 0) is 6.54 Å². The van der Waals surface area contributed by atoms with Crippen molar-refractivity contribution in [1.29, 1.82) is 0 Å². The molecule has 1 heterocycles. The molecule has 0 bridgehead atoms. The second-order valence-electron chi connectivity index (χ2n) is 4.54. The molecule has 0 spiro atoms. The van der Waals surface area contributed by atoms with E-state index in [0.29, 0.717) is 25.1 Å². The Morgan fingerprint density at radius 3 is 2.89 bits per heavy atom. The summed E-state index contributed by atoms with van der Waals surface area (Å²) in [6.07, 6.45) is 2.72. The summed E-state index contributed by atoms with van der Waals surface area (Å²) >= 11 is 0. The van der Waals surface area contributed by atoms with E-state index in [1.807, 2.05) is 12.1 Å². The van der Waals surface area contributed by atoms with E-state index in [1.165, 1.54) is 0 Å². The second-order valence-corrected chi connectivity index (χ2v) is 4.54. The molecule has 1 aromatic rings. The largest absolute Gasteiger partial charge is 0.477 e. The number of nitrogens with zero attached hydrogens (tertiary/aromatic N) is 2. The lowest BCUT2D eigenvalue weighted by atomic mass is 10.2. The maximum Gasteiger partial charge on any atom is 0.218 e. The molecular weight excluding hydrogens is 240 g/mol. The van der Waals surface area contributed by atoms with Gasteiger partial charge in [-0.25, -0.2) is 4.98 Å². The van der Waals surface area contributed by atoms with Crippen LogP contribution in [0.15, 0.2) is 23.3 Å². The molecule has 0 amide bonds. The zero-order chi connectivity index (χ0) is 14.1. The first-order valence-electron chi connectivity index (χ1n) is 6.71. The van der Waals surface area contributed by atoms with Crippen LogP contribution in [0.2, 0.25) is 0 Å². The number of hydrogen-bond donors (Lipinski definition) is 2. The van der Waals surface area contributed by atoms with Crippen LogP contribution in [0.4, 0.5) is 0 Å². The Labute approximate surface area is 115 Å². The number of aromatic nitrogens is 1. The van der Waals surface area contributed by atoms with Crippen molar-refractivity contribution in [2.24, 2.45) is 4.99 Å². The van der Waals surface area contributed by atoms with Crippen LogP contribution in [0, 0.1) is 0 Å². The van der Waals surface area contributed by atoms with E-state index in [1.54, 1.807) is 13.2 Å². The smallest absolute Gasteiger partial charge is 0.218 e. The first-order chi connectivity index (χ1) is 9.17. The van der Waals surface area contributed by atoms with Crippen LogP contribution in [0.3, 0.4) is 0 Å². The standard InChI is InChI=1S/C14H24N4O/c1-5-9-19-13-12(7-6-8-16-13)10-17-14(15-4)18-11(2)3/h6-8,11H,5,9-10H2,1-4H3,(H2,15,17,18). The Morgan fingerprint density at radius 2 is 2.26 bits per heavy atom. The number of nitrogens with one attached hydrogen (secondary N) is 2. The fourth-order valence-electron chi connectivity index (χ4n) is 1.53. The van der Waals surface area contributed by atoms with Crippen LogP contribution in [-0.4, -0.2) is 30.6 Å². The van der Waals surface area contributed by atoms with E-state index in [4.69, 9.17) is 4.74 Å². The number of rotatable bonds is 6. The first-order valence-corrected chi connectivity index (χ1v) is 6.71. The highest BCUT2D eigenvalue weighted by Gasteiger charge is 2.06. The fourth-order valence-corrected chi connectivity index (χ4v) is 1.53. The zero-order valence-corrected chi connectivity index (χ0v) is 12.2. The van der Waals surface area contributed by atoms with E-state index in [-0.39, 0.29) is 0 Å². The molecule has 0 unspecified atom stereocenters. The molecule has 1 aromatic heterocycles. The van der Waals surface area contributed by atoms with Gasteiger partial charge in [0, 0.05) is 31.4 Å². The molecule has 0 radical (unpaired) electrons. The highest BCUT2D eigenvalue weighted by molar-refractivity contribution is 5.79. The number of pyridine rings is 1. The van der Waals surface area contributed by atoms with Gasteiger partial charge in [-0.2, -0.15) is 0 Å². The van der Waals surface area contributed by atoms with Crippen molar-refractivity contribution in [3.8, 4) is 5.88 Å². The Hall–Kier alpha value is -1.78. The summed E-state index contributed by atoms with van der Waals surface area (Å²) in [5.74, 6) is 1.47. The van der Waals surface area contributed by atoms with Gasteiger partial charge in [0.2, 0.25) is 5.88 Å². The van der Waals surface area contributed by atoms with Gasteiger partial charge in [-0.1, -0.05) is 13.0 Å².